The maximum Gasteiger partial charge on any atom is 0.0451 e. The van der Waals surface area contributed by atoms with E-state index in [2.05, 4.69) is 49.2 Å². The van der Waals surface area contributed by atoms with Gasteiger partial charge in [-0.25, -0.2) is 0 Å². The monoisotopic (exact) mass is 262 g/mol. The van der Waals surface area contributed by atoms with Crippen LogP contribution in [-0.2, 0) is 0 Å². The molecule has 0 aromatic heterocycles. The Hall–Kier alpha value is -1.06. The first kappa shape index (κ1) is 14.4. The van der Waals surface area contributed by atoms with Crippen LogP contribution in [0.4, 0.5) is 5.69 Å². The van der Waals surface area contributed by atoms with Crippen LogP contribution in [0.2, 0.25) is 0 Å². The van der Waals surface area contributed by atoms with Gasteiger partial charge in [0.15, 0.2) is 0 Å². The predicted molar refractivity (Wildman–Crippen MR) is 80.8 cm³/mol. The van der Waals surface area contributed by atoms with Crippen molar-refractivity contribution in [1.29, 1.82) is 0 Å². The second-order valence-electron chi connectivity index (χ2n) is 5.68. The number of nitrogens with zero attached hydrogens (tertiary/aromatic N) is 1. The highest BCUT2D eigenvalue weighted by Gasteiger charge is 2.24. The van der Waals surface area contributed by atoms with Crippen LogP contribution in [0.25, 0.3) is 0 Å². The Morgan fingerprint density at radius 3 is 2.89 bits per heavy atom. The lowest BCUT2D eigenvalue weighted by atomic mass is 10.0. The third-order valence-corrected chi connectivity index (χ3v) is 4.29. The number of hydrogen-bond donors (Lipinski definition) is 2. The summed E-state index contributed by atoms with van der Waals surface area (Å²) in [5.41, 5.74) is 4.03. The highest BCUT2D eigenvalue weighted by atomic mass is 16.3. The lowest BCUT2D eigenvalue weighted by Crippen LogP contribution is -2.41. The van der Waals surface area contributed by atoms with Gasteiger partial charge in [-0.15, -0.1) is 0 Å². The van der Waals surface area contributed by atoms with Gasteiger partial charge in [0.05, 0.1) is 0 Å². The van der Waals surface area contributed by atoms with Gasteiger partial charge in [0, 0.05) is 37.5 Å². The van der Waals surface area contributed by atoms with Crippen LogP contribution >= 0.6 is 0 Å². The van der Waals surface area contributed by atoms with Gasteiger partial charge >= 0.3 is 0 Å². The van der Waals surface area contributed by atoms with Crippen molar-refractivity contribution < 1.29 is 5.11 Å². The fourth-order valence-corrected chi connectivity index (χ4v) is 2.84. The zero-order valence-corrected chi connectivity index (χ0v) is 12.3. The zero-order chi connectivity index (χ0) is 13.8. The first-order chi connectivity index (χ1) is 9.13. The van der Waals surface area contributed by atoms with Gasteiger partial charge in [0.25, 0.3) is 0 Å². The molecular formula is C16H26N2O. The Morgan fingerprint density at radius 2 is 2.16 bits per heavy atom. The summed E-state index contributed by atoms with van der Waals surface area (Å²) >= 11 is 0. The molecule has 0 saturated carbocycles. The van der Waals surface area contributed by atoms with Crippen molar-refractivity contribution in [3.63, 3.8) is 0 Å². The van der Waals surface area contributed by atoms with E-state index in [0.717, 1.165) is 25.9 Å². The molecular weight excluding hydrogens is 236 g/mol. The van der Waals surface area contributed by atoms with Crippen LogP contribution in [0.5, 0.6) is 0 Å². The fourth-order valence-electron chi connectivity index (χ4n) is 2.84. The van der Waals surface area contributed by atoms with E-state index in [1.807, 2.05) is 0 Å². The molecule has 0 bridgehead atoms. The summed E-state index contributed by atoms with van der Waals surface area (Å²) in [6, 6.07) is 7.45. The molecule has 1 aliphatic heterocycles. The maximum atomic E-state index is 9.31. The van der Waals surface area contributed by atoms with E-state index < -0.39 is 0 Å². The molecule has 19 heavy (non-hydrogen) atoms. The Balaban J connectivity index is 2.29. The van der Waals surface area contributed by atoms with Crippen molar-refractivity contribution >= 4 is 5.69 Å². The van der Waals surface area contributed by atoms with Crippen LogP contribution in [0, 0.1) is 13.8 Å². The molecule has 2 unspecified atom stereocenters. The van der Waals surface area contributed by atoms with Crippen LogP contribution in [0.15, 0.2) is 18.2 Å². The van der Waals surface area contributed by atoms with Gasteiger partial charge in [-0.3, -0.25) is 0 Å². The molecule has 0 spiro atoms. The van der Waals surface area contributed by atoms with E-state index >= 15 is 0 Å². The van der Waals surface area contributed by atoms with E-state index in [1.54, 1.807) is 0 Å². The summed E-state index contributed by atoms with van der Waals surface area (Å²) in [7, 11) is 0. The van der Waals surface area contributed by atoms with Gasteiger partial charge in [-0.2, -0.15) is 0 Å². The summed E-state index contributed by atoms with van der Waals surface area (Å²) in [6.07, 6.45) is 1.97. The number of nitrogens with one attached hydrogen (secondary N) is 1. The molecule has 1 saturated heterocycles. The molecule has 1 aromatic carbocycles. The number of aryl methyl sites for hydroxylation is 1. The standard InChI is InChI=1S/C16H26N2O/c1-12-5-4-6-16(14(12)3)18-9-7-13(2)17-11-15(18)8-10-19/h4-6,13,15,17,19H,7-11H2,1-3H3. The minimum absolute atomic E-state index is 0.252. The molecule has 1 heterocycles. The topological polar surface area (TPSA) is 35.5 Å². The number of hydrogen-bond acceptors (Lipinski definition) is 3. The molecule has 2 N–H and O–H groups in total. The van der Waals surface area contributed by atoms with Crippen LogP contribution < -0.4 is 10.2 Å². The minimum Gasteiger partial charge on any atom is -0.396 e. The highest BCUT2D eigenvalue weighted by molar-refractivity contribution is 5.57. The smallest absolute Gasteiger partial charge is 0.0451 e. The molecule has 2 atom stereocenters. The lowest BCUT2D eigenvalue weighted by Gasteiger charge is -2.33. The fraction of sp³-hybridized carbons (Fsp3) is 0.625. The third kappa shape index (κ3) is 3.28. The van der Waals surface area contributed by atoms with Crippen molar-refractivity contribution in [2.45, 2.75) is 45.7 Å². The number of aliphatic hydroxyl groups excluding tert-OH is 1. The van der Waals surface area contributed by atoms with Gasteiger partial charge in [0.1, 0.15) is 0 Å². The molecule has 1 aliphatic rings. The molecule has 3 heteroatoms. The highest BCUT2D eigenvalue weighted by Crippen LogP contribution is 2.27. The van der Waals surface area contributed by atoms with E-state index in [1.165, 1.54) is 16.8 Å². The predicted octanol–water partition coefficient (Wildman–Crippen LogP) is 2.24. The summed E-state index contributed by atoms with van der Waals surface area (Å²) in [4.78, 5) is 2.48. The van der Waals surface area contributed by atoms with E-state index in [9.17, 15) is 5.11 Å². The molecule has 2 rings (SSSR count). The quantitative estimate of drug-likeness (QED) is 0.877. The first-order valence-electron chi connectivity index (χ1n) is 7.30. The average molecular weight is 262 g/mol. The summed E-state index contributed by atoms with van der Waals surface area (Å²) < 4.78 is 0. The molecule has 0 amide bonds. The second-order valence-corrected chi connectivity index (χ2v) is 5.68. The number of aliphatic hydroxyl groups is 1. The third-order valence-electron chi connectivity index (χ3n) is 4.29. The molecule has 0 radical (unpaired) electrons. The second kappa shape index (κ2) is 6.40. The largest absolute Gasteiger partial charge is 0.396 e. The van der Waals surface area contributed by atoms with Crippen molar-refractivity contribution in [2.75, 3.05) is 24.6 Å². The van der Waals surface area contributed by atoms with Gasteiger partial charge in [0.2, 0.25) is 0 Å². The Labute approximate surface area is 116 Å². The molecule has 106 valence electrons. The van der Waals surface area contributed by atoms with E-state index in [-0.39, 0.29) is 6.61 Å². The maximum absolute atomic E-state index is 9.31. The van der Waals surface area contributed by atoms with Gasteiger partial charge in [-0.05, 0) is 50.8 Å². The average Bonchev–Trinajstić information content (AvgIpc) is 2.57. The lowest BCUT2D eigenvalue weighted by molar-refractivity contribution is 0.272. The number of anilines is 1. The molecule has 1 aromatic rings. The Bertz CT molecular complexity index is 419. The van der Waals surface area contributed by atoms with Crippen LogP contribution in [-0.4, -0.2) is 36.9 Å². The van der Waals surface area contributed by atoms with Crippen molar-refractivity contribution in [3.8, 4) is 0 Å². The van der Waals surface area contributed by atoms with Crippen molar-refractivity contribution in [3.05, 3.63) is 29.3 Å². The van der Waals surface area contributed by atoms with E-state index in [4.69, 9.17) is 0 Å². The van der Waals surface area contributed by atoms with Gasteiger partial charge < -0.3 is 15.3 Å². The zero-order valence-electron chi connectivity index (χ0n) is 12.3. The number of rotatable bonds is 3. The summed E-state index contributed by atoms with van der Waals surface area (Å²) in [6.45, 7) is 8.87. The molecule has 0 aliphatic carbocycles. The van der Waals surface area contributed by atoms with Gasteiger partial charge in [-0.1, -0.05) is 12.1 Å². The SMILES string of the molecule is Cc1cccc(N2CCC(C)NCC2CCO)c1C. The summed E-state index contributed by atoms with van der Waals surface area (Å²) in [5, 5.41) is 12.9. The molecule has 3 nitrogen and oxygen atoms in total. The Morgan fingerprint density at radius 1 is 1.37 bits per heavy atom. The first-order valence-corrected chi connectivity index (χ1v) is 7.30. The van der Waals surface area contributed by atoms with Crippen LogP contribution in [0.1, 0.15) is 30.9 Å². The van der Waals surface area contributed by atoms with E-state index in [0.29, 0.717) is 12.1 Å². The van der Waals surface area contributed by atoms with Crippen molar-refractivity contribution in [2.24, 2.45) is 0 Å². The van der Waals surface area contributed by atoms with Crippen LogP contribution in [0.3, 0.4) is 0 Å². The van der Waals surface area contributed by atoms with Crippen molar-refractivity contribution in [1.82, 2.24) is 5.32 Å². The minimum atomic E-state index is 0.252. The summed E-state index contributed by atoms with van der Waals surface area (Å²) in [5.74, 6) is 0. The Kier molecular flexibility index (Phi) is 4.83. The normalized spacial score (nSPS) is 24.3. The number of benzene rings is 1. The molecule has 1 fully saturated rings.